The van der Waals surface area contributed by atoms with Crippen molar-refractivity contribution in [2.45, 2.75) is 26.5 Å². The summed E-state index contributed by atoms with van der Waals surface area (Å²) in [6.45, 7) is 4.01. The molecule has 0 unspecified atom stereocenters. The van der Waals surface area contributed by atoms with Gasteiger partial charge in [0.05, 0.1) is 10.7 Å². The minimum atomic E-state index is -0.808. The average molecular weight is 418 g/mol. The lowest BCUT2D eigenvalue weighted by Crippen LogP contribution is -2.41. The molecule has 0 saturated heterocycles. The van der Waals surface area contributed by atoms with Gasteiger partial charge in [0.1, 0.15) is 12.4 Å². The maximum atomic E-state index is 11.5. The molecule has 0 heterocycles. The lowest BCUT2D eigenvalue weighted by molar-refractivity contribution is -0.139. The zero-order valence-corrected chi connectivity index (χ0v) is 16.1. The second-order valence-electron chi connectivity index (χ2n) is 5.79. The van der Waals surface area contributed by atoms with Gasteiger partial charge in [-0.1, -0.05) is 30.3 Å². The number of hydrogen-bond donors (Lipinski definition) is 2. The van der Waals surface area contributed by atoms with Gasteiger partial charge >= 0.3 is 11.8 Å². The molecule has 0 bridgehead atoms. The van der Waals surface area contributed by atoms with Crippen LogP contribution in [0.15, 0.2) is 58.1 Å². The molecule has 2 amide bonds. The lowest BCUT2D eigenvalue weighted by atomic mass is 10.2. The topological polar surface area (TPSA) is 79.8 Å². The average Bonchev–Trinajstić information content (AvgIpc) is 2.61. The lowest BCUT2D eigenvalue weighted by Gasteiger charge is -2.09. The van der Waals surface area contributed by atoms with Crippen molar-refractivity contribution in [3.8, 4) is 5.75 Å². The molecule has 26 heavy (non-hydrogen) atoms. The normalized spacial score (nSPS) is 10.8. The van der Waals surface area contributed by atoms with Crippen LogP contribution in [0.5, 0.6) is 5.75 Å². The van der Waals surface area contributed by atoms with E-state index in [0.717, 1.165) is 15.6 Å². The largest absolute Gasteiger partial charge is 0.488 e. The Morgan fingerprint density at radius 1 is 1.15 bits per heavy atom. The first kappa shape index (κ1) is 19.7. The van der Waals surface area contributed by atoms with E-state index in [2.05, 4.69) is 31.8 Å². The maximum absolute atomic E-state index is 11.5. The predicted octanol–water partition coefficient (Wildman–Crippen LogP) is 3.00. The van der Waals surface area contributed by atoms with Crippen molar-refractivity contribution in [2.24, 2.45) is 5.10 Å². The van der Waals surface area contributed by atoms with Crippen molar-refractivity contribution >= 4 is 34.0 Å². The molecule has 0 aliphatic heterocycles. The summed E-state index contributed by atoms with van der Waals surface area (Å²) < 4.78 is 6.54. The molecule has 0 spiro atoms. The molecule has 0 aromatic heterocycles. The highest BCUT2D eigenvalue weighted by Gasteiger charge is 2.12. The van der Waals surface area contributed by atoms with Crippen molar-refractivity contribution in [1.82, 2.24) is 10.7 Å². The second kappa shape index (κ2) is 9.72. The summed E-state index contributed by atoms with van der Waals surface area (Å²) in [5, 5.41) is 6.27. The minimum Gasteiger partial charge on any atom is -0.488 e. The number of hydrazone groups is 1. The molecule has 136 valence electrons. The van der Waals surface area contributed by atoms with Crippen molar-refractivity contribution in [3.05, 3.63) is 64.1 Å². The van der Waals surface area contributed by atoms with E-state index in [1.165, 1.54) is 6.21 Å². The number of carbonyl (C=O) groups is 2. The van der Waals surface area contributed by atoms with Gasteiger partial charge in [-0.3, -0.25) is 9.59 Å². The third kappa shape index (κ3) is 6.33. The number of amides is 2. The highest BCUT2D eigenvalue weighted by molar-refractivity contribution is 9.10. The van der Waals surface area contributed by atoms with Crippen LogP contribution < -0.4 is 15.5 Å². The van der Waals surface area contributed by atoms with E-state index < -0.39 is 11.8 Å². The van der Waals surface area contributed by atoms with Crippen molar-refractivity contribution in [3.63, 3.8) is 0 Å². The Labute approximate surface area is 160 Å². The van der Waals surface area contributed by atoms with Crippen LogP contribution in [0.2, 0.25) is 0 Å². The third-order valence-electron chi connectivity index (χ3n) is 3.20. The highest BCUT2D eigenvalue weighted by atomic mass is 79.9. The molecule has 6 nitrogen and oxygen atoms in total. The van der Waals surface area contributed by atoms with Gasteiger partial charge in [-0.05, 0) is 59.1 Å². The van der Waals surface area contributed by atoms with Gasteiger partial charge in [-0.15, -0.1) is 0 Å². The van der Waals surface area contributed by atoms with Crippen LogP contribution >= 0.6 is 15.9 Å². The van der Waals surface area contributed by atoms with Gasteiger partial charge in [-0.2, -0.15) is 5.10 Å². The first-order chi connectivity index (χ1) is 12.5. The fraction of sp³-hybridized carbons (Fsp3) is 0.211. The molecular formula is C19H20BrN3O3. The zero-order valence-electron chi connectivity index (χ0n) is 14.5. The fourth-order valence-electron chi connectivity index (χ4n) is 1.99. The SMILES string of the molecule is CC(C)NC(=O)C(=O)N/N=C\c1ccc(OCc2ccccc2)c(Br)c1. The van der Waals surface area contributed by atoms with E-state index >= 15 is 0 Å². The van der Waals surface area contributed by atoms with Crippen LogP contribution in [-0.2, 0) is 16.2 Å². The van der Waals surface area contributed by atoms with Gasteiger partial charge in [0.15, 0.2) is 0 Å². The first-order valence-corrected chi connectivity index (χ1v) is 8.85. The van der Waals surface area contributed by atoms with Gasteiger partial charge in [0.25, 0.3) is 0 Å². The van der Waals surface area contributed by atoms with E-state index in [-0.39, 0.29) is 6.04 Å². The van der Waals surface area contributed by atoms with Crippen LogP contribution in [0.1, 0.15) is 25.0 Å². The van der Waals surface area contributed by atoms with Crippen LogP contribution in [0.25, 0.3) is 0 Å². The maximum Gasteiger partial charge on any atom is 0.329 e. The van der Waals surface area contributed by atoms with Gasteiger partial charge in [-0.25, -0.2) is 5.43 Å². The van der Waals surface area contributed by atoms with E-state index in [0.29, 0.717) is 12.4 Å². The number of ether oxygens (including phenoxy) is 1. The molecule has 0 saturated carbocycles. The van der Waals surface area contributed by atoms with Crippen LogP contribution in [0, 0.1) is 0 Å². The van der Waals surface area contributed by atoms with Crippen LogP contribution in [0.3, 0.4) is 0 Å². The number of carbonyl (C=O) groups excluding carboxylic acids is 2. The quantitative estimate of drug-likeness (QED) is 0.430. The molecule has 0 aliphatic rings. The number of halogens is 1. The summed E-state index contributed by atoms with van der Waals surface area (Å²) in [7, 11) is 0. The van der Waals surface area contributed by atoms with Gasteiger partial charge in [0.2, 0.25) is 0 Å². The zero-order chi connectivity index (χ0) is 18.9. The van der Waals surface area contributed by atoms with E-state index in [9.17, 15) is 9.59 Å². The van der Waals surface area contributed by atoms with Crippen LogP contribution in [-0.4, -0.2) is 24.1 Å². The first-order valence-electron chi connectivity index (χ1n) is 8.06. The third-order valence-corrected chi connectivity index (χ3v) is 3.82. The Bertz CT molecular complexity index is 792. The Morgan fingerprint density at radius 2 is 1.88 bits per heavy atom. The number of rotatable bonds is 6. The molecule has 0 fully saturated rings. The van der Waals surface area contributed by atoms with Crippen molar-refractivity contribution in [1.29, 1.82) is 0 Å². The molecule has 2 aromatic rings. The molecule has 7 heteroatoms. The second-order valence-corrected chi connectivity index (χ2v) is 6.65. The Kier molecular flexibility index (Phi) is 7.35. The smallest absolute Gasteiger partial charge is 0.329 e. The Morgan fingerprint density at radius 3 is 2.54 bits per heavy atom. The monoisotopic (exact) mass is 417 g/mol. The number of nitrogens with one attached hydrogen (secondary N) is 2. The van der Waals surface area contributed by atoms with E-state index in [1.807, 2.05) is 42.5 Å². The summed E-state index contributed by atoms with van der Waals surface area (Å²) in [6.07, 6.45) is 1.45. The van der Waals surface area contributed by atoms with Gasteiger partial charge < -0.3 is 10.1 Å². The summed E-state index contributed by atoms with van der Waals surface area (Å²) in [5.41, 5.74) is 4.01. The summed E-state index contributed by atoms with van der Waals surface area (Å²) in [4.78, 5) is 23.0. The van der Waals surface area contributed by atoms with Crippen molar-refractivity contribution < 1.29 is 14.3 Å². The number of hydrogen-bond acceptors (Lipinski definition) is 4. The molecule has 2 aromatic carbocycles. The predicted molar refractivity (Wildman–Crippen MR) is 104 cm³/mol. The molecule has 2 N–H and O–H groups in total. The summed E-state index contributed by atoms with van der Waals surface area (Å²) in [5.74, 6) is -0.828. The molecule has 2 rings (SSSR count). The van der Waals surface area contributed by atoms with E-state index in [4.69, 9.17) is 4.74 Å². The number of benzene rings is 2. The molecule has 0 radical (unpaired) electrons. The van der Waals surface area contributed by atoms with Crippen LogP contribution in [0.4, 0.5) is 0 Å². The van der Waals surface area contributed by atoms with Crippen molar-refractivity contribution in [2.75, 3.05) is 0 Å². The molecular weight excluding hydrogens is 398 g/mol. The fourth-order valence-corrected chi connectivity index (χ4v) is 2.50. The molecule has 0 atom stereocenters. The van der Waals surface area contributed by atoms with Gasteiger partial charge in [0, 0.05) is 6.04 Å². The Balaban J connectivity index is 1.90. The number of nitrogens with zero attached hydrogens (tertiary/aromatic N) is 1. The molecule has 0 aliphatic carbocycles. The Hall–Kier alpha value is -2.67. The summed E-state index contributed by atoms with van der Waals surface area (Å²) in [6, 6.07) is 15.2. The van der Waals surface area contributed by atoms with E-state index in [1.54, 1.807) is 19.9 Å². The highest BCUT2D eigenvalue weighted by Crippen LogP contribution is 2.26. The summed E-state index contributed by atoms with van der Waals surface area (Å²) >= 11 is 3.45. The standard InChI is InChI=1S/C19H20BrN3O3/c1-13(2)22-18(24)19(25)23-21-11-15-8-9-17(16(20)10-15)26-12-14-6-4-3-5-7-14/h3-11,13H,12H2,1-2H3,(H,22,24)(H,23,25)/b21-11-. The minimum absolute atomic E-state index is 0.114.